The normalized spacial score (nSPS) is 10.3. The molecule has 0 spiro atoms. The van der Waals surface area contributed by atoms with Gasteiger partial charge in [-0.05, 0) is 13.8 Å². The third-order valence-electron chi connectivity index (χ3n) is 0.528. The molecule has 0 saturated carbocycles. The Bertz CT molecular complexity index is 37.1. The van der Waals surface area contributed by atoms with Crippen molar-refractivity contribution in [3.63, 3.8) is 0 Å². The monoisotopic (exact) mass is 214 g/mol. The largest absolute Gasteiger partial charge is 0.378 e. The molecule has 0 amide bonds. The fourth-order valence-corrected chi connectivity index (χ4v) is 0.535. The molecular weight excluding hydrogens is 203 g/mol. The van der Waals surface area contributed by atoms with Crippen LogP contribution in [0, 0.1) is 0 Å². The highest BCUT2D eigenvalue weighted by molar-refractivity contribution is 14.1. The quantitative estimate of drug-likeness (QED) is 0.514. The smallest absolute Gasteiger partial charge is 0.0559 e. The fraction of sp³-hybridized carbons (Fsp3) is 1.00. The van der Waals surface area contributed by atoms with Gasteiger partial charge in [0.2, 0.25) is 0 Å². The zero-order valence-electron chi connectivity index (χ0n) is 4.78. The van der Waals surface area contributed by atoms with E-state index in [0.29, 0.717) is 6.10 Å². The lowest BCUT2D eigenvalue weighted by Gasteiger charge is -2.02. The summed E-state index contributed by atoms with van der Waals surface area (Å²) in [5.41, 5.74) is 0. The van der Waals surface area contributed by atoms with Gasteiger partial charge in [0.1, 0.15) is 0 Å². The molecule has 0 bridgehead atoms. The van der Waals surface area contributed by atoms with E-state index in [2.05, 4.69) is 22.6 Å². The van der Waals surface area contributed by atoms with E-state index in [1.807, 2.05) is 13.8 Å². The average molecular weight is 214 g/mol. The van der Waals surface area contributed by atoms with Crippen LogP contribution < -0.4 is 0 Å². The Balaban J connectivity index is 2.68. The van der Waals surface area contributed by atoms with E-state index in [4.69, 9.17) is 4.74 Å². The molecule has 0 N–H and O–H groups in total. The summed E-state index contributed by atoms with van der Waals surface area (Å²) in [5.74, 6) is 0. The summed E-state index contributed by atoms with van der Waals surface area (Å²) in [6.45, 7) is 4.98. The van der Waals surface area contributed by atoms with Gasteiger partial charge in [-0.1, -0.05) is 22.6 Å². The molecular formula is C5H11IO. The number of hydrogen-bond donors (Lipinski definition) is 0. The molecule has 1 nitrogen and oxygen atoms in total. The molecule has 0 aromatic rings. The van der Waals surface area contributed by atoms with Gasteiger partial charge in [0, 0.05) is 4.43 Å². The van der Waals surface area contributed by atoms with Gasteiger partial charge in [-0.3, -0.25) is 0 Å². The first-order valence-electron chi connectivity index (χ1n) is 2.45. The van der Waals surface area contributed by atoms with Crippen LogP contribution in [0.3, 0.4) is 0 Å². The van der Waals surface area contributed by atoms with Gasteiger partial charge < -0.3 is 4.74 Å². The van der Waals surface area contributed by atoms with Crippen LogP contribution in [0.2, 0.25) is 0 Å². The number of rotatable bonds is 3. The van der Waals surface area contributed by atoms with Crippen LogP contribution in [-0.2, 0) is 4.74 Å². The van der Waals surface area contributed by atoms with Gasteiger partial charge in [-0.25, -0.2) is 0 Å². The van der Waals surface area contributed by atoms with E-state index in [9.17, 15) is 0 Å². The first-order chi connectivity index (χ1) is 3.27. The molecule has 0 radical (unpaired) electrons. The molecule has 0 unspecified atom stereocenters. The second-order valence-electron chi connectivity index (χ2n) is 1.61. The SMILES string of the molecule is CC(C)OCCI. The lowest BCUT2D eigenvalue weighted by Crippen LogP contribution is -2.03. The van der Waals surface area contributed by atoms with Gasteiger partial charge in [0.25, 0.3) is 0 Å². The zero-order valence-corrected chi connectivity index (χ0v) is 6.94. The number of halogens is 1. The van der Waals surface area contributed by atoms with Crippen molar-refractivity contribution in [3.8, 4) is 0 Å². The number of ether oxygens (including phenoxy) is 1. The molecule has 0 heterocycles. The number of alkyl halides is 1. The Morgan fingerprint density at radius 2 is 2.14 bits per heavy atom. The topological polar surface area (TPSA) is 9.23 Å². The van der Waals surface area contributed by atoms with E-state index in [-0.39, 0.29) is 0 Å². The third-order valence-corrected chi connectivity index (χ3v) is 0.969. The zero-order chi connectivity index (χ0) is 5.70. The molecule has 0 saturated heterocycles. The summed E-state index contributed by atoms with van der Waals surface area (Å²) in [6.07, 6.45) is 0.398. The Labute approximate surface area is 58.6 Å². The lowest BCUT2D eigenvalue weighted by molar-refractivity contribution is 0.0933. The first kappa shape index (κ1) is 7.69. The van der Waals surface area contributed by atoms with Crippen LogP contribution in [0.25, 0.3) is 0 Å². The number of hydrogen-bond acceptors (Lipinski definition) is 1. The van der Waals surface area contributed by atoms with Gasteiger partial charge in [0.05, 0.1) is 12.7 Å². The maximum atomic E-state index is 5.18. The third kappa shape index (κ3) is 6.69. The highest BCUT2D eigenvalue weighted by Crippen LogP contribution is 1.88. The molecule has 0 fully saturated rings. The highest BCUT2D eigenvalue weighted by Gasteiger charge is 1.87. The Morgan fingerprint density at radius 3 is 2.29 bits per heavy atom. The molecule has 2 heteroatoms. The minimum absolute atomic E-state index is 0.398. The van der Waals surface area contributed by atoms with E-state index < -0.39 is 0 Å². The standard InChI is InChI=1S/C5H11IO/c1-5(2)7-4-3-6/h5H,3-4H2,1-2H3. The van der Waals surface area contributed by atoms with E-state index in [1.54, 1.807) is 0 Å². The predicted molar refractivity (Wildman–Crippen MR) is 40.0 cm³/mol. The molecule has 0 aliphatic carbocycles. The van der Waals surface area contributed by atoms with Crippen LogP contribution >= 0.6 is 22.6 Å². The first-order valence-corrected chi connectivity index (χ1v) is 3.97. The summed E-state index contributed by atoms with van der Waals surface area (Å²) in [6, 6.07) is 0. The maximum absolute atomic E-state index is 5.18. The maximum Gasteiger partial charge on any atom is 0.0559 e. The summed E-state index contributed by atoms with van der Waals surface area (Å²) in [7, 11) is 0. The van der Waals surface area contributed by atoms with Crippen LogP contribution in [0.5, 0.6) is 0 Å². The van der Waals surface area contributed by atoms with E-state index in [0.717, 1.165) is 11.0 Å². The predicted octanol–water partition coefficient (Wildman–Crippen LogP) is 1.85. The van der Waals surface area contributed by atoms with Crippen LogP contribution in [0.15, 0.2) is 0 Å². The van der Waals surface area contributed by atoms with Crippen molar-refractivity contribution >= 4 is 22.6 Å². The fourth-order valence-electron chi connectivity index (χ4n) is 0.280. The summed E-state index contributed by atoms with van der Waals surface area (Å²) in [5, 5.41) is 0. The lowest BCUT2D eigenvalue weighted by atomic mass is 10.5. The Hall–Kier alpha value is 0.690. The van der Waals surface area contributed by atoms with Crippen LogP contribution in [0.1, 0.15) is 13.8 Å². The molecule has 0 aromatic carbocycles. The molecule has 0 rings (SSSR count). The van der Waals surface area contributed by atoms with Crippen molar-refractivity contribution in [2.45, 2.75) is 20.0 Å². The average Bonchev–Trinajstić information content (AvgIpc) is 1.61. The minimum atomic E-state index is 0.398. The highest BCUT2D eigenvalue weighted by atomic mass is 127. The molecule has 0 aliphatic heterocycles. The summed E-state index contributed by atoms with van der Waals surface area (Å²) < 4.78 is 6.28. The van der Waals surface area contributed by atoms with Gasteiger partial charge in [-0.15, -0.1) is 0 Å². The van der Waals surface area contributed by atoms with Gasteiger partial charge in [0.15, 0.2) is 0 Å². The summed E-state index contributed by atoms with van der Waals surface area (Å²) in [4.78, 5) is 0. The van der Waals surface area contributed by atoms with Crippen molar-refractivity contribution < 1.29 is 4.74 Å². The van der Waals surface area contributed by atoms with Crippen LogP contribution in [-0.4, -0.2) is 17.1 Å². The second-order valence-corrected chi connectivity index (χ2v) is 2.69. The van der Waals surface area contributed by atoms with Gasteiger partial charge in [-0.2, -0.15) is 0 Å². The molecule has 0 atom stereocenters. The van der Waals surface area contributed by atoms with E-state index >= 15 is 0 Å². The molecule has 0 aliphatic rings. The van der Waals surface area contributed by atoms with Crippen molar-refractivity contribution in [2.24, 2.45) is 0 Å². The van der Waals surface area contributed by atoms with Crippen molar-refractivity contribution in [2.75, 3.05) is 11.0 Å². The molecule has 44 valence electrons. The van der Waals surface area contributed by atoms with E-state index in [1.165, 1.54) is 0 Å². The van der Waals surface area contributed by atoms with Crippen molar-refractivity contribution in [1.29, 1.82) is 0 Å². The summed E-state index contributed by atoms with van der Waals surface area (Å²) >= 11 is 2.30. The van der Waals surface area contributed by atoms with Crippen LogP contribution in [0.4, 0.5) is 0 Å². The Kier molecular flexibility index (Phi) is 5.32. The molecule has 7 heavy (non-hydrogen) atoms. The minimum Gasteiger partial charge on any atom is -0.378 e. The Morgan fingerprint density at radius 1 is 1.57 bits per heavy atom. The second kappa shape index (κ2) is 4.84. The van der Waals surface area contributed by atoms with Crippen molar-refractivity contribution in [3.05, 3.63) is 0 Å². The van der Waals surface area contributed by atoms with Gasteiger partial charge >= 0.3 is 0 Å². The molecule has 0 aromatic heterocycles. The van der Waals surface area contributed by atoms with Crippen molar-refractivity contribution in [1.82, 2.24) is 0 Å².